The minimum atomic E-state index is -2.87. The SMILES string of the molecule is CC(=O)N[C@H]1[C@H]([C@H](OC(C)=O)[C@@H](CO)OC(C)=O)OC(O)(C(=O)O)C[C@@H]1O. The highest BCUT2D eigenvalue weighted by molar-refractivity contribution is 5.76. The fourth-order valence-corrected chi connectivity index (χ4v) is 2.77. The largest absolute Gasteiger partial charge is 0.477 e. The van der Waals surface area contributed by atoms with E-state index in [1.165, 1.54) is 0 Å². The van der Waals surface area contributed by atoms with Crippen LogP contribution >= 0.6 is 0 Å². The molecule has 0 aliphatic carbocycles. The first kappa shape index (κ1) is 22.8. The van der Waals surface area contributed by atoms with Crippen LogP contribution in [0.2, 0.25) is 0 Å². The van der Waals surface area contributed by atoms with Crippen molar-refractivity contribution in [3.63, 3.8) is 0 Å². The highest BCUT2D eigenvalue weighted by atomic mass is 16.7. The molecule has 1 fully saturated rings. The number of hydrogen-bond acceptors (Lipinski definition) is 10. The fourth-order valence-electron chi connectivity index (χ4n) is 2.77. The van der Waals surface area contributed by atoms with Crippen LogP contribution in [0.4, 0.5) is 0 Å². The van der Waals surface area contributed by atoms with E-state index in [0.29, 0.717) is 0 Å². The van der Waals surface area contributed by atoms with Crippen LogP contribution in [-0.4, -0.2) is 87.1 Å². The Kier molecular flexibility index (Phi) is 7.65. The maximum Gasteiger partial charge on any atom is 0.364 e. The van der Waals surface area contributed by atoms with E-state index in [0.717, 1.165) is 20.8 Å². The second-order valence-corrected chi connectivity index (χ2v) is 6.07. The predicted molar refractivity (Wildman–Crippen MR) is 83.9 cm³/mol. The van der Waals surface area contributed by atoms with E-state index in [2.05, 4.69) is 5.32 Å². The summed E-state index contributed by atoms with van der Waals surface area (Å²) in [4.78, 5) is 45.6. The third-order valence-corrected chi connectivity index (χ3v) is 3.78. The lowest BCUT2D eigenvalue weighted by molar-refractivity contribution is -0.296. The van der Waals surface area contributed by atoms with E-state index >= 15 is 0 Å². The number of carbonyl (C=O) groups is 4. The van der Waals surface area contributed by atoms with Gasteiger partial charge < -0.3 is 40.0 Å². The Morgan fingerprint density at radius 1 is 1.19 bits per heavy atom. The minimum Gasteiger partial charge on any atom is -0.477 e. The van der Waals surface area contributed by atoms with Crippen molar-refractivity contribution >= 4 is 23.8 Å². The molecule has 0 aromatic carbocycles. The lowest BCUT2D eigenvalue weighted by Gasteiger charge is -2.45. The Hall–Kier alpha value is -2.28. The molecule has 12 heteroatoms. The first-order valence-corrected chi connectivity index (χ1v) is 7.95. The molecule has 1 aliphatic rings. The van der Waals surface area contributed by atoms with Crippen molar-refractivity contribution < 1.29 is 53.8 Å². The topological polar surface area (TPSA) is 189 Å². The summed E-state index contributed by atoms with van der Waals surface area (Å²) in [6.07, 6.45) is -7.25. The van der Waals surface area contributed by atoms with E-state index in [-0.39, 0.29) is 0 Å². The summed E-state index contributed by atoms with van der Waals surface area (Å²) in [5.74, 6) is -7.10. The molecule has 1 unspecified atom stereocenters. The second-order valence-electron chi connectivity index (χ2n) is 6.07. The molecule has 1 saturated heterocycles. The number of amides is 1. The van der Waals surface area contributed by atoms with Gasteiger partial charge in [0.05, 0.1) is 18.8 Å². The zero-order chi connectivity index (χ0) is 20.9. The smallest absolute Gasteiger partial charge is 0.364 e. The van der Waals surface area contributed by atoms with Crippen LogP contribution in [0.3, 0.4) is 0 Å². The molecule has 154 valence electrons. The Balaban J connectivity index is 3.37. The van der Waals surface area contributed by atoms with E-state index in [1.807, 2.05) is 0 Å². The molecule has 27 heavy (non-hydrogen) atoms. The van der Waals surface area contributed by atoms with Gasteiger partial charge in [0, 0.05) is 27.2 Å². The third-order valence-electron chi connectivity index (χ3n) is 3.78. The van der Waals surface area contributed by atoms with Crippen LogP contribution < -0.4 is 5.32 Å². The summed E-state index contributed by atoms with van der Waals surface area (Å²) >= 11 is 0. The number of carboxylic acids is 1. The van der Waals surface area contributed by atoms with Crippen molar-refractivity contribution in [3.8, 4) is 0 Å². The Labute approximate surface area is 154 Å². The lowest BCUT2D eigenvalue weighted by atomic mass is 9.88. The van der Waals surface area contributed by atoms with Crippen molar-refractivity contribution in [2.24, 2.45) is 0 Å². The van der Waals surface area contributed by atoms with E-state index in [4.69, 9.17) is 14.2 Å². The van der Waals surface area contributed by atoms with Crippen molar-refractivity contribution in [1.29, 1.82) is 0 Å². The predicted octanol–water partition coefficient (Wildman–Crippen LogP) is -2.73. The molecule has 12 nitrogen and oxygen atoms in total. The summed E-state index contributed by atoms with van der Waals surface area (Å²) < 4.78 is 15.0. The average molecular weight is 393 g/mol. The summed E-state index contributed by atoms with van der Waals surface area (Å²) in [5.41, 5.74) is 0. The van der Waals surface area contributed by atoms with Gasteiger partial charge in [0.2, 0.25) is 5.91 Å². The van der Waals surface area contributed by atoms with Crippen molar-refractivity contribution in [3.05, 3.63) is 0 Å². The lowest BCUT2D eigenvalue weighted by Crippen LogP contribution is -2.68. The molecule has 1 aliphatic heterocycles. The van der Waals surface area contributed by atoms with E-state index < -0.39 is 73.1 Å². The molecule has 1 amide bonds. The van der Waals surface area contributed by atoms with Crippen LogP contribution in [0.5, 0.6) is 0 Å². The standard InChI is InChI=1S/C15H23NO11/c1-6(18)16-11-9(21)4-15(24,14(22)23)27-13(11)12(26-8(3)20)10(5-17)25-7(2)19/h9-13,17,21,24H,4-5H2,1-3H3,(H,16,18)(H,22,23)/t9-,10+,11+,12+,13+,15?/m0/s1. The van der Waals surface area contributed by atoms with Crippen LogP contribution in [0.25, 0.3) is 0 Å². The summed E-state index contributed by atoms with van der Waals surface area (Å²) in [6, 6.07) is -1.34. The first-order valence-electron chi connectivity index (χ1n) is 7.95. The van der Waals surface area contributed by atoms with Gasteiger partial charge in [0.15, 0.2) is 12.2 Å². The normalized spacial score (nSPS) is 29.9. The second kappa shape index (κ2) is 9.08. The Morgan fingerprint density at radius 3 is 2.15 bits per heavy atom. The zero-order valence-corrected chi connectivity index (χ0v) is 14.9. The van der Waals surface area contributed by atoms with Crippen LogP contribution in [-0.2, 0) is 33.4 Å². The fraction of sp³-hybridized carbons (Fsp3) is 0.733. The van der Waals surface area contributed by atoms with Gasteiger partial charge in [0.25, 0.3) is 5.79 Å². The maximum absolute atomic E-state index is 11.5. The molecule has 1 heterocycles. The Bertz CT molecular complexity index is 594. The van der Waals surface area contributed by atoms with Crippen molar-refractivity contribution in [2.75, 3.05) is 6.61 Å². The molecule has 0 saturated carbocycles. The van der Waals surface area contributed by atoms with Gasteiger partial charge >= 0.3 is 17.9 Å². The number of carbonyl (C=O) groups excluding carboxylic acids is 3. The van der Waals surface area contributed by atoms with Gasteiger partial charge in [-0.2, -0.15) is 0 Å². The molecule has 0 radical (unpaired) electrons. The third kappa shape index (κ3) is 5.85. The van der Waals surface area contributed by atoms with Gasteiger partial charge in [-0.25, -0.2) is 4.79 Å². The van der Waals surface area contributed by atoms with E-state index in [1.54, 1.807) is 0 Å². The number of carboxylic acid groups (broad SMARTS) is 1. The zero-order valence-electron chi connectivity index (χ0n) is 14.9. The highest BCUT2D eigenvalue weighted by Gasteiger charge is 2.55. The van der Waals surface area contributed by atoms with Gasteiger partial charge in [-0.05, 0) is 0 Å². The number of nitrogens with one attached hydrogen (secondary N) is 1. The van der Waals surface area contributed by atoms with Gasteiger partial charge in [0.1, 0.15) is 6.10 Å². The molecular formula is C15H23NO11. The number of aliphatic hydroxyl groups excluding tert-OH is 2. The first-order chi connectivity index (χ1) is 12.4. The molecule has 0 aromatic heterocycles. The number of ether oxygens (including phenoxy) is 3. The number of rotatable bonds is 7. The van der Waals surface area contributed by atoms with Gasteiger partial charge in [-0.15, -0.1) is 0 Å². The molecule has 0 spiro atoms. The molecule has 0 bridgehead atoms. The average Bonchev–Trinajstić information content (AvgIpc) is 2.52. The number of esters is 2. The monoisotopic (exact) mass is 393 g/mol. The van der Waals surface area contributed by atoms with Crippen LogP contribution in [0, 0.1) is 0 Å². The van der Waals surface area contributed by atoms with Gasteiger partial charge in [-0.3, -0.25) is 14.4 Å². The number of aliphatic carboxylic acids is 1. The Morgan fingerprint density at radius 2 is 1.74 bits per heavy atom. The van der Waals surface area contributed by atoms with E-state index in [9.17, 15) is 39.6 Å². The molecule has 6 atom stereocenters. The molecular weight excluding hydrogens is 370 g/mol. The summed E-state index contributed by atoms with van der Waals surface area (Å²) in [7, 11) is 0. The van der Waals surface area contributed by atoms with Crippen molar-refractivity contribution in [2.45, 2.75) is 63.4 Å². The minimum absolute atomic E-state index is 0.636. The molecule has 1 rings (SSSR count). The maximum atomic E-state index is 11.5. The highest BCUT2D eigenvalue weighted by Crippen LogP contribution is 2.32. The van der Waals surface area contributed by atoms with Gasteiger partial charge in [-0.1, -0.05) is 0 Å². The molecule has 0 aromatic rings. The van der Waals surface area contributed by atoms with Crippen LogP contribution in [0.1, 0.15) is 27.2 Å². The number of aliphatic hydroxyl groups is 3. The quantitative estimate of drug-likeness (QED) is 0.282. The summed E-state index contributed by atoms with van der Waals surface area (Å²) in [6.45, 7) is 2.26. The van der Waals surface area contributed by atoms with Crippen molar-refractivity contribution in [1.82, 2.24) is 5.32 Å². The van der Waals surface area contributed by atoms with Crippen LogP contribution in [0.15, 0.2) is 0 Å². The summed E-state index contributed by atoms with van der Waals surface area (Å²) in [5, 5.41) is 41.4. The number of hydrogen-bond donors (Lipinski definition) is 5. The molecule has 5 N–H and O–H groups in total.